The van der Waals surface area contributed by atoms with Crippen LogP contribution in [-0.4, -0.2) is 34.5 Å². The number of rotatable bonds is 0. The Morgan fingerprint density at radius 3 is 2.74 bits per heavy atom. The van der Waals surface area contributed by atoms with E-state index in [2.05, 4.69) is 13.5 Å². The van der Waals surface area contributed by atoms with E-state index < -0.39 is 12.2 Å². The Morgan fingerprint density at radius 2 is 2.05 bits per heavy atom. The van der Waals surface area contributed by atoms with E-state index in [0.717, 1.165) is 6.42 Å². The van der Waals surface area contributed by atoms with Gasteiger partial charge in [-0.2, -0.15) is 0 Å². The third-order valence-electron chi connectivity index (χ3n) is 5.75. The molecule has 1 heterocycles. The summed E-state index contributed by atoms with van der Waals surface area (Å²) in [5.41, 5.74) is 0.183. The van der Waals surface area contributed by atoms with Crippen LogP contribution >= 0.6 is 0 Å². The maximum Gasteiger partial charge on any atom is 0.334 e. The Kier molecular flexibility index (Phi) is 2.81. The van der Waals surface area contributed by atoms with Crippen LogP contribution in [0.25, 0.3) is 0 Å². The molecule has 0 bridgehead atoms. The minimum Gasteiger partial charge on any atom is -0.458 e. The summed E-state index contributed by atoms with van der Waals surface area (Å²) in [6.07, 6.45) is 0.646. The van der Waals surface area contributed by atoms with Crippen LogP contribution < -0.4 is 0 Å². The van der Waals surface area contributed by atoms with Gasteiger partial charge in [-0.25, -0.2) is 4.79 Å². The first kappa shape index (κ1) is 13.1. The molecule has 0 aromatic rings. The van der Waals surface area contributed by atoms with E-state index in [1.165, 1.54) is 0 Å². The topological polar surface area (TPSA) is 66.8 Å². The van der Waals surface area contributed by atoms with Crippen molar-refractivity contribution < 1.29 is 19.7 Å². The lowest BCUT2D eigenvalue weighted by molar-refractivity contribution is -0.139. The fourth-order valence-electron chi connectivity index (χ4n) is 4.61. The van der Waals surface area contributed by atoms with E-state index in [9.17, 15) is 15.0 Å². The quantitative estimate of drug-likeness (QED) is 0.512. The Morgan fingerprint density at radius 1 is 1.37 bits per heavy atom. The van der Waals surface area contributed by atoms with Gasteiger partial charge in [0.2, 0.25) is 0 Å². The smallest absolute Gasteiger partial charge is 0.334 e. The summed E-state index contributed by atoms with van der Waals surface area (Å²) in [7, 11) is 0. The van der Waals surface area contributed by atoms with Gasteiger partial charge in [0.25, 0.3) is 0 Å². The van der Waals surface area contributed by atoms with Gasteiger partial charge in [0, 0.05) is 11.5 Å². The molecule has 1 aliphatic heterocycles. The standard InChI is InChI=1S/C15H22O4/c1-7-4-12-9(8(2)14(18)19-12)6-15(3)10(7)5-11(16)13(15)17/h7,9-13,16-17H,2,4-6H2,1,3H3/t7-,9+,10-,11-,12+,13-,15-/m0/s1. The molecule has 0 aromatic heterocycles. The molecule has 106 valence electrons. The van der Waals surface area contributed by atoms with Gasteiger partial charge in [0.15, 0.2) is 0 Å². The molecular weight excluding hydrogens is 244 g/mol. The Labute approximate surface area is 113 Å². The summed E-state index contributed by atoms with van der Waals surface area (Å²) >= 11 is 0. The summed E-state index contributed by atoms with van der Waals surface area (Å²) in [4.78, 5) is 11.7. The second-order valence-electron chi connectivity index (χ2n) is 6.85. The molecule has 3 fully saturated rings. The number of aliphatic hydroxyl groups is 2. The van der Waals surface area contributed by atoms with Crippen molar-refractivity contribution in [3.8, 4) is 0 Å². The molecule has 3 aliphatic rings. The zero-order chi connectivity index (χ0) is 13.9. The number of ether oxygens (including phenoxy) is 1. The Bertz CT molecular complexity index is 432. The average Bonchev–Trinajstić information content (AvgIpc) is 2.68. The zero-order valence-electron chi connectivity index (χ0n) is 11.5. The van der Waals surface area contributed by atoms with Crippen LogP contribution in [0.4, 0.5) is 0 Å². The minimum absolute atomic E-state index is 0.00935. The molecule has 1 saturated heterocycles. The summed E-state index contributed by atoms with van der Waals surface area (Å²) in [5, 5.41) is 20.4. The van der Waals surface area contributed by atoms with Crippen molar-refractivity contribution in [3.05, 3.63) is 12.2 Å². The van der Waals surface area contributed by atoms with E-state index in [4.69, 9.17) is 4.74 Å². The first-order chi connectivity index (χ1) is 8.84. The average molecular weight is 266 g/mol. The lowest BCUT2D eigenvalue weighted by Gasteiger charge is -2.36. The Hall–Kier alpha value is -0.870. The summed E-state index contributed by atoms with van der Waals surface area (Å²) < 4.78 is 5.42. The first-order valence-corrected chi connectivity index (χ1v) is 7.10. The number of hydrogen-bond acceptors (Lipinski definition) is 4. The van der Waals surface area contributed by atoms with Crippen molar-refractivity contribution >= 4 is 5.97 Å². The van der Waals surface area contributed by atoms with Crippen LogP contribution in [0.5, 0.6) is 0 Å². The molecule has 4 heteroatoms. The molecule has 0 unspecified atom stereocenters. The fraction of sp³-hybridized carbons (Fsp3) is 0.800. The van der Waals surface area contributed by atoms with Gasteiger partial charge in [0.05, 0.1) is 12.2 Å². The SMILES string of the molecule is C=C1C(=O)O[C@@H]2C[C@H](C)[C@@H]3C[C@H](O)[C@H](O)[C@@]3(C)C[C@H]12. The van der Waals surface area contributed by atoms with Gasteiger partial charge in [-0.3, -0.25) is 0 Å². The van der Waals surface area contributed by atoms with Gasteiger partial charge in [-0.15, -0.1) is 0 Å². The van der Waals surface area contributed by atoms with Crippen molar-refractivity contribution in [1.82, 2.24) is 0 Å². The molecule has 3 rings (SSSR count). The lowest BCUT2D eigenvalue weighted by atomic mass is 9.69. The van der Waals surface area contributed by atoms with E-state index in [1.54, 1.807) is 0 Å². The van der Waals surface area contributed by atoms with Crippen LogP contribution in [0.1, 0.15) is 33.1 Å². The third kappa shape index (κ3) is 1.69. The van der Waals surface area contributed by atoms with Gasteiger partial charge in [0.1, 0.15) is 6.10 Å². The number of carbonyl (C=O) groups excluding carboxylic acids is 1. The van der Waals surface area contributed by atoms with Gasteiger partial charge < -0.3 is 14.9 Å². The predicted molar refractivity (Wildman–Crippen MR) is 69.1 cm³/mol. The van der Waals surface area contributed by atoms with Crippen LogP contribution in [0.2, 0.25) is 0 Å². The third-order valence-corrected chi connectivity index (χ3v) is 5.75. The minimum atomic E-state index is -0.720. The molecule has 0 amide bonds. The highest BCUT2D eigenvalue weighted by molar-refractivity contribution is 5.90. The lowest BCUT2D eigenvalue weighted by Crippen LogP contribution is -2.38. The summed E-state index contributed by atoms with van der Waals surface area (Å²) in [5.74, 6) is 0.294. The Balaban J connectivity index is 1.97. The van der Waals surface area contributed by atoms with Crippen molar-refractivity contribution in [2.24, 2.45) is 23.2 Å². The summed E-state index contributed by atoms with van der Waals surface area (Å²) in [6.45, 7) is 8.02. The molecular formula is C15H22O4. The van der Waals surface area contributed by atoms with Crippen LogP contribution in [0.3, 0.4) is 0 Å². The van der Waals surface area contributed by atoms with Crippen molar-refractivity contribution in [1.29, 1.82) is 0 Å². The predicted octanol–water partition coefficient (Wildman–Crippen LogP) is 1.26. The second-order valence-corrected chi connectivity index (χ2v) is 6.85. The van der Waals surface area contributed by atoms with Gasteiger partial charge in [-0.05, 0) is 36.5 Å². The molecule has 19 heavy (non-hydrogen) atoms. The zero-order valence-corrected chi connectivity index (χ0v) is 11.5. The number of esters is 1. The largest absolute Gasteiger partial charge is 0.458 e. The normalized spacial score (nSPS) is 53.5. The van der Waals surface area contributed by atoms with Crippen molar-refractivity contribution in [2.45, 2.75) is 51.4 Å². The van der Waals surface area contributed by atoms with Crippen molar-refractivity contribution in [3.63, 3.8) is 0 Å². The van der Waals surface area contributed by atoms with Crippen LogP contribution in [0, 0.1) is 23.2 Å². The second kappa shape index (κ2) is 4.06. The number of carbonyl (C=O) groups is 1. The van der Waals surface area contributed by atoms with Crippen LogP contribution in [0.15, 0.2) is 12.2 Å². The van der Waals surface area contributed by atoms with E-state index in [0.29, 0.717) is 24.3 Å². The number of fused-ring (bicyclic) bond motifs is 2. The highest BCUT2D eigenvalue weighted by Gasteiger charge is 2.58. The van der Waals surface area contributed by atoms with E-state index >= 15 is 0 Å². The molecule has 4 nitrogen and oxygen atoms in total. The fourth-order valence-corrected chi connectivity index (χ4v) is 4.61. The molecule has 0 aromatic carbocycles. The number of hydrogen-bond donors (Lipinski definition) is 2. The van der Waals surface area contributed by atoms with Gasteiger partial charge >= 0.3 is 5.97 Å². The molecule has 2 aliphatic carbocycles. The van der Waals surface area contributed by atoms with E-state index in [-0.39, 0.29) is 29.3 Å². The molecule has 0 spiro atoms. The summed E-state index contributed by atoms with van der Waals surface area (Å²) in [6, 6.07) is 0. The van der Waals surface area contributed by atoms with Gasteiger partial charge in [-0.1, -0.05) is 20.4 Å². The van der Waals surface area contributed by atoms with Crippen LogP contribution in [-0.2, 0) is 9.53 Å². The van der Waals surface area contributed by atoms with E-state index in [1.807, 2.05) is 6.92 Å². The maximum absolute atomic E-state index is 11.7. The molecule has 7 atom stereocenters. The molecule has 2 saturated carbocycles. The molecule has 0 radical (unpaired) electrons. The highest BCUT2D eigenvalue weighted by atomic mass is 16.6. The number of aliphatic hydroxyl groups excluding tert-OH is 2. The monoisotopic (exact) mass is 266 g/mol. The van der Waals surface area contributed by atoms with Crippen molar-refractivity contribution in [2.75, 3.05) is 0 Å². The molecule has 2 N–H and O–H groups in total. The maximum atomic E-state index is 11.7. The first-order valence-electron chi connectivity index (χ1n) is 7.10. The highest BCUT2D eigenvalue weighted by Crippen LogP contribution is 2.56.